The molecule has 2 aromatic carbocycles. The number of hydrogen-bond donors (Lipinski definition) is 4. The van der Waals surface area contributed by atoms with Crippen LogP contribution in [-0.4, -0.2) is 106 Å². The van der Waals surface area contributed by atoms with Crippen LogP contribution < -0.4 is 15.5 Å². The van der Waals surface area contributed by atoms with Crippen molar-refractivity contribution in [1.82, 2.24) is 30.5 Å². The van der Waals surface area contributed by atoms with Gasteiger partial charge in [0.2, 0.25) is 11.8 Å². The fourth-order valence-electron chi connectivity index (χ4n) is 7.96. The van der Waals surface area contributed by atoms with Crippen molar-refractivity contribution in [3.8, 4) is 0 Å². The van der Waals surface area contributed by atoms with Gasteiger partial charge in [0, 0.05) is 78.1 Å². The number of H-pyrrole nitrogens is 2. The van der Waals surface area contributed by atoms with Gasteiger partial charge in [0.25, 0.3) is 0 Å². The number of likely N-dealkylation sites (tertiary alicyclic amines) is 1. The van der Waals surface area contributed by atoms with E-state index in [1.54, 1.807) is 45.3 Å². The molecule has 5 atom stereocenters. The van der Waals surface area contributed by atoms with E-state index in [9.17, 15) is 24.0 Å². The molecule has 4 N–H and O–H groups in total. The number of nitrogens with zero attached hydrogens (tertiary/aromatic N) is 3. The molecule has 5 aromatic rings. The summed E-state index contributed by atoms with van der Waals surface area (Å²) in [6.45, 7) is 5.70. The number of para-hydroxylation sites is 2. The van der Waals surface area contributed by atoms with Gasteiger partial charge in [-0.25, -0.2) is 14.4 Å². The van der Waals surface area contributed by atoms with Gasteiger partial charge >= 0.3 is 18.0 Å². The number of methoxy groups -OCH3 is 1. The third kappa shape index (κ3) is 8.93. The first kappa shape index (κ1) is 39.8. The first-order valence-electron chi connectivity index (χ1n) is 19.5. The number of fused-ring (bicyclic) bond motifs is 2. The van der Waals surface area contributed by atoms with E-state index < -0.39 is 65.7 Å². The van der Waals surface area contributed by atoms with Crippen molar-refractivity contribution in [2.24, 2.45) is 0 Å². The second kappa shape index (κ2) is 17.0. The van der Waals surface area contributed by atoms with Gasteiger partial charge < -0.3 is 44.6 Å². The number of nitrogens with one attached hydrogen (secondary N) is 4. The molecular formula is C43H49N7O8. The van der Waals surface area contributed by atoms with Crippen LogP contribution in [0.15, 0.2) is 85.5 Å². The summed E-state index contributed by atoms with van der Waals surface area (Å²) in [5, 5.41) is 7.52. The molecule has 2 aliphatic heterocycles. The first-order chi connectivity index (χ1) is 27.9. The molecule has 3 aromatic heterocycles. The number of benzene rings is 2. The molecule has 0 bridgehead atoms. The highest BCUT2D eigenvalue weighted by molar-refractivity contribution is 5.93. The Balaban J connectivity index is 1.07. The number of aromatic amines is 2. The Morgan fingerprint density at radius 1 is 0.845 bits per heavy atom. The van der Waals surface area contributed by atoms with E-state index >= 15 is 0 Å². The Labute approximate surface area is 335 Å². The Bertz CT molecular complexity index is 2280. The van der Waals surface area contributed by atoms with Crippen molar-refractivity contribution in [2.75, 3.05) is 25.1 Å². The van der Waals surface area contributed by atoms with Crippen molar-refractivity contribution in [3.63, 3.8) is 0 Å². The van der Waals surface area contributed by atoms with Gasteiger partial charge in [0.05, 0.1) is 13.7 Å². The summed E-state index contributed by atoms with van der Waals surface area (Å²) in [5.41, 5.74) is 3.36. The quantitative estimate of drug-likeness (QED) is 0.103. The van der Waals surface area contributed by atoms with Crippen LogP contribution in [0.2, 0.25) is 0 Å². The maximum atomic E-state index is 14.3. The SMILES string of the molecule is COC(=O)[C@H](Cc1c[nH]c2ccccc12)NC(=O)[C@@H]1C[C@@H](OC(=O)C2CCCN2C(=O)C(Cc2c[nH]c3ccccc23)NC(=O)OC(C)(C)C)CN1c1ccncc1. The normalized spacial score (nSPS) is 19.1. The third-order valence-electron chi connectivity index (χ3n) is 10.6. The van der Waals surface area contributed by atoms with Crippen LogP contribution in [0.1, 0.15) is 51.2 Å². The van der Waals surface area contributed by atoms with Gasteiger partial charge in [-0.3, -0.25) is 14.6 Å². The second-order valence-corrected chi connectivity index (χ2v) is 15.8. The topological polar surface area (TPSA) is 188 Å². The number of carbonyl (C=O) groups excluding carboxylic acids is 5. The molecule has 2 aliphatic rings. The lowest BCUT2D eigenvalue weighted by Crippen LogP contribution is -2.53. The fraction of sp³-hybridized carbons (Fsp3) is 0.395. The number of hydrogen-bond acceptors (Lipinski definition) is 10. The monoisotopic (exact) mass is 791 g/mol. The van der Waals surface area contributed by atoms with Crippen LogP contribution in [0, 0.1) is 0 Å². The molecular weight excluding hydrogens is 743 g/mol. The van der Waals surface area contributed by atoms with Gasteiger partial charge in [0.1, 0.15) is 35.9 Å². The van der Waals surface area contributed by atoms with Gasteiger partial charge in [-0.1, -0.05) is 36.4 Å². The number of anilines is 1. The fourth-order valence-corrected chi connectivity index (χ4v) is 7.96. The van der Waals surface area contributed by atoms with Gasteiger partial charge in [-0.15, -0.1) is 0 Å². The second-order valence-electron chi connectivity index (χ2n) is 15.8. The number of alkyl carbamates (subject to hydrolysis) is 1. The Hall–Kier alpha value is -6.38. The summed E-state index contributed by atoms with van der Waals surface area (Å²) >= 11 is 0. The van der Waals surface area contributed by atoms with Crippen LogP contribution in [0.25, 0.3) is 21.8 Å². The zero-order valence-electron chi connectivity index (χ0n) is 33.0. The summed E-state index contributed by atoms with van der Waals surface area (Å²) in [5.74, 6) is -2.05. The molecule has 15 nitrogen and oxygen atoms in total. The van der Waals surface area contributed by atoms with Crippen molar-refractivity contribution in [1.29, 1.82) is 0 Å². The highest BCUT2D eigenvalue weighted by Crippen LogP contribution is 2.30. The lowest BCUT2D eigenvalue weighted by Gasteiger charge is -2.29. The lowest BCUT2D eigenvalue weighted by atomic mass is 10.0. The number of aromatic nitrogens is 3. The minimum Gasteiger partial charge on any atom is -0.467 e. The Morgan fingerprint density at radius 2 is 1.47 bits per heavy atom. The highest BCUT2D eigenvalue weighted by Gasteiger charge is 2.44. The molecule has 2 unspecified atom stereocenters. The molecule has 15 heteroatoms. The molecule has 2 saturated heterocycles. The number of ether oxygens (including phenoxy) is 3. The van der Waals surface area contributed by atoms with Gasteiger partial charge in [0.15, 0.2) is 0 Å². The van der Waals surface area contributed by atoms with E-state index in [2.05, 4.69) is 25.6 Å². The molecule has 0 saturated carbocycles. The van der Waals surface area contributed by atoms with E-state index in [1.807, 2.05) is 65.8 Å². The summed E-state index contributed by atoms with van der Waals surface area (Å²) < 4.78 is 16.7. The molecule has 0 spiro atoms. The maximum absolute atomic E-state index is 14.3. The molecule has 5 heterocycles. The molecule has 0 aliphatic carbocycles. The molecule has 304 valence electrons. The zero-order chi connectivity index (χ0) is 41.0. The Morgan fingerprint density at radius 3 is 2.09 bits per heavy atom. The largest absolute Gasteiger partial charge is 0.467 e. The number of amides is 3. The van der Waals surface area contributed by atoms with E-state index in [0.29, 0.717) is 25.1 Å². The predicted molar refractivity (Wildman–Crippen MR) is 216 cm³/mol. The van der Waals surface area contributed by atoms with E-state index in [-0.39, 0.29) is 25.8 Å². The molecule has 2 fully saturated rings. The number of rotatable bonds is 12. The van der Waals surface area contributed by atoms with Crippen LogP contribution in [0.4, 0.5) is 10.5 Å². The summed E-state index contributed by atoms with van der Waals surface area (Å²) in [4.78, 5) is 82.4. The summed E-state index contributed by atoms with van der Waals surface area (Å²) in [6, 6.07) is 15.2. The van der Waals surface area contributed by atoms with Gasteiger partial charge in [-0.05, 0) is 69.0 Å². The first-order valence-corrected chi connectivity index (χ1v) is 19.5. The Kier molecular flexibility index (Phi) is 11.7. The van der Waals surface area contributed by atoms with Gasteiger partial charge in [-0.2, -0.15) is 0 Å². The summed E-state index contributed by atoms with van der Waals surface area (Å²) in [7, 11) is 1.28. The minimum atomic E-state index is -1.03. The number of esters is 2. The highest BCUT2D eigenvalue weighted by atomic mass is 16.6. The molecule has 3 amide bonds. The molecule has 7 rings (SSSR count). The predicted octanol–water partition coefficient (Wildman–Crippen LogP) is 4.56. The average Bonchev–Trinajstić information content (AvgIpc) is 4.03. The number of pyridine rings is 1. The lowest BCUT2D eigenvalue weighted by molar-refractivity contribution is -0.157. The van der Waals surface area contributed by atoms with Crippen LogP contribution in [0.3, 0.4) is 0 Å². The van der Waals surface area contributed by atoms with Crippen molar-refractivity contribution >= 4 is 57.3 Å². The van der Waals surface area contributed by atoms with E-state index in [0.717, 1.165) is 32.9 Å². The zero-order valence-corrected chi connectivity index (χ0v) is 33.0. The van der Waals surface area contributed by atoms with E-state index in [4.69, 9.17) is 14.2 Å². The molecule has 58 heavy (non-hydrogen) atoms. The van der Waals surface area contributed by atoms with Crippen molar-refractivity contribution < 1.29 is 38.2 Å². The third-order valence-corrected chi connectivity index (χ3v) is 10.6. The standard InChI is InChI=1S/C43H49N7O8/c1-43(2,3)58-42(55)48-34(20-26-23-45-32-12-7-5-10-30(26)32)39(52)49-19-9-14-36(49)41(54)57-29-22-37(50(25-29)28-15-17-44-18-16-28)38(51)47-35(40(53)56-4)21-27-24-46-33-13-8-6-11-31(27)33/h5-8,10-13,15-18,23-24,29,34-37,45-46H,9,14,19-22,25H2,1-4H3,(H,47,51)(H,48,55)/t29-,34?,35+,36?,37+/m1/s1. The van der Waals surface area contributed by atoms with Crippen LogP contribution in [0.5, 0.6) is 0 Å². The maximum Gasteiger partial charge on any atom is 0.408 e. The van der Waals surface area contributed by atoms with Crippen molar-refractivity contribution in [2.45, 2.75) is 88.7 Å². The van der Waals surface area contributed by atoms with Crippen LogP contribution >= 0.6 is 0 Å². The summed E-state index contributed by atoms with van der Waals surface area (Å²) in [6.07, 6.45) is 6.79. The molecule has 0 radical (unpaired) electrons. The average molecular weight is 792 g/mol. The van der Waals surface area contributed by atoms with Crippen molar-refractivity contribution in [3.05, 3.63) is 96.6 Å². The van der Waals surface area contributed by atoms with Crippen LogP contribution in [-0.2, 0) is 46.2 Å². The van der Waals surface area contributed by atoms with E-state index in [1.165, 1.54) is 12.0 Å². The smallest absolute Gasteiger partial charge is 0.408 e. The number of carbonyl (C=O) groups is 5. The minimum absolute atomic E-state index is 0.130.